The summed E-state index contributed by atoms with van der Waals surface area (Å²) in [4.78, 5) is 13.8. The normalized spacial score (nSPS) is 14.0. The molecule has 1 aliphatic heterocycles. The molecule has 1 aliphatic rings. The molecule has 2 atom stereocenters. The molecule has 0 aromatic heterocycles. The number of aliphatic hydroxyl groups excluding tert-OH is 1. The molecular weight excluding hydrogens is 600 g/mol. The van der Waals surface area contributed by atoms with Crippen LogP contribution >= 0.6 is 0 Å². The average Bonchev–Trinajstić information content (AvgIpc) is 3.07. The molecule has 1 heterocycles. The summed E-state index contributed by atoms with van der Waals surface area (Å²) in [6, 6.07) is 19.0. The van der Waals surface area contributed by atoms with Crippen molar-refractivity contribution >= 4 is 22.2 Å². The van der Waals surface area contributed by atoms with E-state index in [1.54, 1.807) is 36.4 Å². The number of aliphatic hydroxyl groups is 1. The first-order valence-corrected chi connectivity index (χ1v) is 15.4. The van der Waals surface area contributed by atoms with Crippen LogP contribution in [0.4, 0.5) is 5.69 Å². The van der Waals surface area contributed by atoms with Crippen LogP contribution in [0.3, 0.4) is 0 Å². The number of methoxy groups -OCH3 is 2. The van der Waals surface area contributed by atoms with E-state index in [1.165, 1.54) is 20.3 Å². The van der Waals surface area contributed by atoms with E-state index in [1.807, 2.05) is 36.4 Å². The Hall–Kier alpha value is -5.35. The number of phenols is 4. The van der Waals surface area contributed by atoms with E-state index in [-0.39, 0.29) is 47.4 Å². The van der Waals surface area contributed by atoms with E-state index in [0.29, 0.717) is 37.1 Å². The summed E-state index contributed by atoms with van der Waals surface area (Å²) in [7, 11) is 2.86. The minimum absolute atomic E-state index is 0.0267. The van der Waals surface area contributed by atoms with E-state index in [4.69, 9.17) is 9.47 Å². The Kier molecular flexibility index (Phi) is 10.4. The number of hydrogen-bond acceptors (Lipinski definition) is 10. The largest absolute Gasteiger partial charge is 0.508 e. The van der Waals surface area contributed by atoms with Crippen molar-refractivity contribution in [1.82, 2.24) is 5.32 Å². The Labute approximate surface area is 273 Å². The van der Waals surface area contributed by atoms with Crippen LogP contribution in [0.25, 0.3) is 10.8 Å². The molecule has 7 N–H and O–H groups in total. The molecule has 4 aromatic rings. The van der Waals surface area contributed by atoms with Gasteiger partial charge in [-0.05, 0) is 108 Å². The van der Waals surface area contributed by atoms with Crippen LogP contribution in [0.5, 0.6) is 34.5 Å². The molecule has 0 fully saturated rings. The van der Waals surface area contributed by atoms with Gasteiger partial charge in [-0.2, -0.15) is 0 Å². The van der Waals surface area contributed by atoms with Crippen LogP contribution < -0.4 is 20.1 Å². The molecule has 0 saturated carbocycles. The van der Waals surface area contributed by atoms with Crippen LogP contribution in [-0.2, 0) is 17.6 Å². The lowest BCUT2D eigenvalue weighted by molar-refractivity contribution is -0.126. The Morgan fingerprint density at radius 1 is 0.851 bits per heavy atom. The van der Waals surface area contributed by atoms with Gasteiger partial charge >= 0.3 is 0 Å². The molecular formula is C37H40N2O8. The summed E-state index contributed by atoms with van der Waals surface area (Å²) < 4.78 is 10.4. The lowest BCUT2D eigenvalue weighted by Crippen LogP contribution is -2.31. The summed E-state index contributed by atoms with van der Waals surface area (Å²) in [5, 5.41) is 59.9. The zero-order valence-electron chi connectivity index (χ0n) is 26.4. The van der Waals surface area contributed by atoms with Crippen LogP contribution in [0.2, 0.25) is 0 Å². The van der Waals surface area contributed by atoms with Crippen LogP contribution in [0.1, 0.15) is 30.4 Å². The minimum atomic E-state index is -0.956. The summed E-state index contributed by atoms with van der Waals surface area (Å²) in [5.41, 5.74) is 3.22. The molecule has 0 bridgehead atoms. The van der Waals surface area contributed by atoms with Crippen molar-refractivity contribution in [3.8, 4) is 34.5 Å². The third kappa shape index (κ3) is 8.28. The molecule has 5 rings (SSSR count). The molecule has 246 valence electrons. The van der Waals surface area contributed by atoms with Crippen molar-refractivity contribution in [2.75, 3.05) is 26.1 Å². The highest BCUT2D eigenvalue weighted by atomic mass is 16.5. The van der Waals surface area contributed by atoms with E-state index < -0.39 is 12.0 Å². The number of ketones is 1. The second-order valence-electron chi connectivity index (χ2n) is 11.6. The zero-order valence-corrected chi connectivity index (χ0v) is 26.4. The minimum Gasteiger partial charge on any atom is -0.508 e. The monoisotopic (exact) mass is 640 g/mol. The highest BCUT2D eigenvalue weighted by Crippen LogP contribution is 2.37. The second kappa shape index (κ2) is 14.8. The standard InChI is InChI=1S/C37H40N2O8/c1-46-34-17-22(4-12-32(34)43)3-10-30(41)29(31(42)11-5-23-16-33(44)37(45)35(18-23)47-2)15-24-13-14-38-36(19-24)39-27-8-6-26-21-28(40)9-7-25(26)20-27/h4,6-9,12-13,16-21,29-30,38-41,43-45H,3,5,10-11,14-15H2,1-2H3/t29-,30-/m1/s1. The zero-order chi connectivity index (χ0) is 33.5. The quantitative estimate of drug-likeness (QED) is 0.0857. The molecule has 0 radical (unpaired) electrons. The Balaban J connectivity index is 1.32. The molecule has 4 aromatic carbocycles. The number of dihydropyridines is 1. The maximum absolute atomic E-state index is 13.8. The number of allylic oxidation sites excluding steroid dienone is 2. The van der Waals surface area contributed by atoms with Crippen molar-refractivity contribution < 1.29 is 39.8 Å². The average molecular weight is 641 g/mol. The van der Waals surface area contributed by atoms with Crippen molar-refractivity contribution in [2.45, 2.75) is 38.2 Å². The number of fused-ring (bicyclic) bond motifs is 1. The number of Topliss-reactive ketones (excluding diaryl/α,β-unsaturated/α-hetero) is 1. The second-order valence-corrected chi connectivity index (χ2v) is 11.6. The van der Waals surface area contributed by atoms with E-state index in [0.717, 1.165) is 33.4 Å². The van der Waals surface area contributed by atoms with E-state index >= 15 is 0 Å². The number of aromatic hydroxyl groups is 4. The predicted octanol–water partition coefficient (Wildman–Crippen LogP) is 5.66. The van der Waals surface area contributed by atoms with Gasteiger partial charge in [0.1, 0.15) is 17.4 Å². The van der Waals surface area contributed by atoms with Crippen LogP contribution in [0, 0.1) is 5.92 Å². The molecule has 0 spiro atoms. The van der Waals surface area contributed by atoms with Crippen molar-refractivity contribution in [2.24, 2.45) is 5.92 Å². The van der Waals surface area contributed by atoms with Gasteiger partial charge in [-0.1, -0.05) is 24.3 Å². The lowest BCUT2D eigenvalue weighted by atomic mass is 9.84. The molecule has 10 heteroatoms. The number of benzene rings is 4. The first-order valence-electron chi connectivity index (χ1n) is 15.4. The molecule has 10 nitrogen and oxygen atoms in total. The van der Waals surface area contributed by atoms with Gasteiger partial charge in [-0.15, -0.1) is 0 Å². The number of anilines is 1. The third-order valence-electron chi connectivity index (χ3n) is 8.39. The van der Waals surface area contributed by atoms with Gasteiger partial charge in [-0.25, -0.2) is 0 Å². The molecule has 0 saturated heterocycles. The Bertz CT molecular complexity index is 1820. The van der Waals surface area contributed by atoms with Crippen molar-refractivity contribution in [3.63, 3.8) is 0 Å². The number of ether oxygens (including phenoxy) is 2. The van der Waals surface area contributed by atoms with Gasteiger partial charge in [0.25, 0.3) is 0 Å². The van der Waals surface area contributed by atoms with Gasteiger partial charge in [-0.3, -0.25) is 4.79 Å². The summed E-state index contributed by atoms with van der Waals surface area (Å²) in [6.45, 7) is 0.534. The van der Waals surface area contributed by atoms with Gasteiger partial charge in [0.05, 0.1) is 20.3 Å². The first-order chi connectivity index (χ1) is 22.6. The molecule has 0 unspecified atom stereocenters. The number of nitrogens with one attached hydrogen (secondary N) is 2. The highest BCUT2D eigenvalue weighted by molar-refractivity contribution is 5.87. The number of rotatable bonds is 14. The summed E-state index contributed by atoms with van der Waals surface area (Å²) in [5.74, 6) is -0.0947. The van der Waals surface area contributed by atoms with Gasteiger partial charge in [0, 0.05) is 24.6 Å². The fourth-order valence-corrected chi connectivity index (χ4v) is 5.79. The van der Waals surface area contributed by atoms with Crippen molar-refractivity contribution in [1.29, 1.82) is 0 Å². The number of aryl methyl sites for hydroxylation is 2. The smallest absolute Gasteiger partial charge is 0.200 e. The number of phenolic OH excluding ortho intramolecular Hbond substituents is 4. The summed E-state index contributed by atoms with van der Waals surface area (Å²) >= 11 is 0. The van der Waals surface area contributed by atoms with Gasteiger partial charge in [0.15, 0.2) is 23.0 Å². The van der Waals surface area contributed by atoms with E-state index in [9.17, 15) is 30.3 Å². The fourth-order valence-electron chi connectivity index (χ4n) is 5.79. The molecule has 0 amide bonds. The summed E-state index contributed by atoms with van der Waals surface area (Å²) in [6.07, 6.45) is 4.45. The Morgan fingerprint density at radius 2 is 1.60 bits per heavy atom. The van der Waals surface area contributed by atoms with Gasteiger partial charge < -0.3 is 45.6 Å². The van der Waals surface area contributed by atoms with Crippen molar-refractivity contribution in [3.05, 3.63) is 101 Å². The fraction of sp³-hybridized carbons (Fsp3) is 0.270. The maximum Gasteiger partial charge on any atom is 0.200 e. The maximum atomic E-state index is 13.8. The van der Waals surface area contributed by atoms with Crippen LogP contribution in [0.15, 0.2) is 90.3 Å². The number of carbonyl (C=O) groups is 1. The predicted molar refractivity (Wildman–Crippen MR) is 180 cm³/mol. The third-order valence-corrected chi connectivity index (χ3v) is 8.39. The number of carbonyl (C=O) groups excluding carboxylic acids is 1. The highest BCUT2D eigenvalue weighted by Gasteiger charge is 2.28. The molecule has 47 heavy (non-hydrogen) atoms. The van der Waals surface area contributed by atoms with E-state index in [2.05, 4.69) is 10.6 Å². The Morgan fingerprint density at radius 3 is 2.38 bits per heavy atom. The topological polar surface area (TPSA) is 161 Å². The SMILES string of the molecule is COc1cc(CC[C@@H](O)[C@@H](CC2=CCNC(Nc3ccc4cc(O)ccc4c3)=C2)C(=O)CCc2cc(O)c(O)c(OC)c2)ccc1O. The van der Waals surface area contributed by atoms with Gasteiger partial charge in [0.2, 0.25) is 5.75 Å². The van der Waals surface area contributed by atoms with Crippen LogP contribution in [-0.4, -0.2) is 58.2 Å². The first kappa shape index (κ1) is 33.0. The number of hydrogen-bond donors (Lipinski definition) is 7. The molecule has 0 aliphatic carbocycles. The lowest BCUT2D eigenvalue weighted by Gasteiger charge is -2.25.